The van der Waals surface area contributed by atoms with Crippen molar-refractivity contribution in [1.82, 2.24) is 5.32 Å². The molecule has 1 fully saturated rings. The van der Waals surface area contributed by atoms with Crippen molar-refractivity contribution < 1.29 is 4.74 Å². The molecule has 164 valence electrons. The zero-order valence-electron chi connectivity index (χ0n) is 19.5. The number of hydrogen-bond acceptors (Lipinski definition) is 2. The number of ether oxygens (including phenoxy) is 1. The molecule has 0 aromatic heterocycles. The van der Waals surface area contributed by atoms with Gasteiger partial charge in [0, 0.05) is 12.0 Å². The van der Waals surface area contributed by atoms with Crippen molar-refractivity contribution in [2.45, 2.75) is 50.8 Å². The first kappa shape index (κ1) is 21.5. The summed E-state index contributed by atoms with van der Waals surface area (Å²) in [7, 11) is 0. The van der Waals surface area contributed by atoms with Crippen molar-refractivity contribution in [3.05, 3.63) is 95.1 Å². The minimum absolute atomic E-state index is 0.136. The predicted molar refractivity (Wildman–Crippen MR) is 135 cm³/mol. The summed E-state index contributed by atoms with van der Waals surface area (Å²) in [5.41, 5.74) is 6.67. The molecule has 5 rings (SSSR count). The van der Waals surface area contributed by atoms with Gasteiger partial charge in [-0.3, -0.25) is 5.32 Å². The Bertz CT molecular complexity index is 1260. The highest BCUT2D eigenvalue weighted by atomic mass is 16.5. The number of benzene rings is 3. The number of hydrogen-bond donors (Lipinski definition) is 1. The molecule has 1 aliphatic carbocycles. The molecule has 2 nitrogen and oxygen atoms in total. The average molecular weight is 432 g/mol. The number of nitrogens with one attached hydrogen (secondary N) is 1. The molecule has 0 radical (unpaired) electrons. The van der Waals surface area contributed by atoms with Crippen molar-refractivity contribution in [1.29, 1.82) is 0 Å². The largest absolute Gasteiger partial charge is 0.357 e. The third kappa shape index (κ3) is 3.57. The van der Waals surface area contributed by atoms with Crippen LogP contribution in [0.4, 0.5) is 0 Å². The topological polar surface area (TPSA) is 21.3 Å². The summed E-state index contributed by atoms with van der Waals surface area (Å²) in [6.07, 6.45) is 0.932. The second-order valence-corrected chi connectivity index (χ2v) is 8.76. The van der Waals surface area contributed by atoms with Crippen molar-refractivity contribution in [2.24, 2.45) is 0 Å². The normalized spacial score (nSPS) is 20.6. The molecular formula is C31H29NO. The van der Waals surface area contributed by atoms with Gasteiger partial charge in [-0.1, -0.05) is 85.5 Å². The number of rotatable bonds is 4. The van der Waals surface area contributed by atoms with Crippen LogP contribution in [0, 0.1) is 23.7 Å². The Morgan fingerprint density at radius 3 is 2.33 bits per heavy atom. The minimum Gasteiger partial charge on any atom is -0.357 e. The van der Waals surface area contributed by atoms with E-state index in [0.29, 0.717) is 12.5 Å². The van der Waals surface area contributed by atoms with E-state index in [1.54, 1.807) is 0 Å². The Labute approximate surface area is 197 Å². The minimum atomic E-state index is -0.598. The van der Waals surface area contributed by atoms with Crippen LogP contribution in [0.2, 0.25) is 0 Å². The van der Waals surface area contributed by atoms with Gasteiger partial charge < -0.3 is 4.74 Å². The molecule has 1 heterocycles. The summed E-state index contributed by atoms with van der Waals surface area (Å²) in [5, 5.41) is 3.77. The van der Waals surface area contributed by atoms with Crippen LogP contribution in [0.5, 0.6) is 0 Å². The Kier molecular flexibility index (Phi) is 5.82. The maximum absolute atomic E-state index is 6.30. The van der Waals surface area contributed by atoms with Gasteiger partial charge in [0.05, 0.1) is 6.61 Å². The van der Waals surface area contributed by atoms with Crippen LogP contribution >= 0.6 is 0 Å². The molecule has 1 aliphatic heterocycles. The van der Waals surface area contributed by atoms with Crippen LogP contribution in [0.15, 0.2) is 72.8 Å². The zero-order valence-corrected chi connectivity index (χ0v) is 19.5. The first-order chi connectivity index (χ1) is 16.2. The van der Waals surface area contributed by atoms with E-state index in [9.17, 15) is 0 Å². The van der Waals surface area contributed by atoms with Crippen LogP contribution in [-0.2, 0) is 10.2 Å². The Balaban J connectivity index is 1.51. The van der Waals surface area contributed by atoms with Gasteiger partial charge in [-0.25, -0.2) is 0 Å². The summed E-state index contributed by atoms with van der Waals surface area (Å²) >= 11 is 0. The molecule has 0 unspecified atom stereocenters. The Morgan fingerprint density at radius 1 is 0.909 bits per heavy atom. The van der Waals surface area contributed by atoms with E-state index in [2.05, 4.69) is 109 Å². The first-order valence-corrected chi connectivity index (χ1v) is 11.8. The lowest BCUT2D eigenvalue weighted by atomic mass is 9.79. The molecule has 2 heteroatoms. The standard InChI is InChI=1S/C31H29NO/c1-4-18-31(19-5-2)27-15-11-10-14-25(27)26-17-16-23(20-28(26)31)30-32-29(21-33-30)24(6-3)22-12-8-7-9-13-22/h7-17,20,24,29-30,32H,6,21H2,1-3H3/t24-,29+,30-/m1/s1. The smallest absolute Gasteiger partial charge is 0.143 e. The highest BCUT2D eigenvalue weighted by Crippen LogP contribution is 2.49. The van der Waals surface area contributed by atoms with Crippen molar-refractivity contribution in [3.63, 3.8) is 0 Å². The Hall–Kier alpha value is -3.30. The summed E-state index contributed by atoms with van der Waals surface area (Å²) in [5.74, 6) is 13.7. The molecule has 1 saturated heterocycles. The molecule has 3 aromatic rings. The number of fused-ring (bicyclic) bond motifs is 3. The second kappa shape index (κ2) is 8.92. The molecule has 0 saturated carbocycles. The van der Waals surface area contributed by atoms with E-state index in [1.165, 1.54) is 22.3 Å². The van der Waals surface area contributed by atoms with E-state index in [1.807, 2.05) is 13.8 Å². The van der Waals surface area contributed by atoms with E-state index in [-0.39, 0.29) is 12.3 Å². The fourth-order valence-electron chi connectivity index (χ4n) is 5.50. The van der Waals surface area contributed by atoms with E-state index in [0.717, 1.165) is 17.5 Å². The van der Waals surface area contributed by atoms with Crippen molar-refractivity contribution in [3.8, 4) is 34.8 Å². The van der Waals surface area contributed by atoms with Gasteiger partial charge in [0.15, 0.2) is 0 Å². The van der Waals surface area contributed by atoms with Gasteiger partial charge in [0.2, 0.25) is 0 Å². The van der Waals surface area contributed by atoms with E-state index >= 15 is 0 Å². The van der Waals surface area contributed by atoms with Gasteiger partial charge >= 0.3 is 0 Å². The molecule has 1 N–H and O–H groups in total. The molecule has 3 atom stereocenters. The third-order valence-electron chi connectivity index (χ3n) is 6.96. The van der Waals surface area contributed by atoms with Crippen LogP contribution < -0.4 is 5.32 Å². The summed E-state index contributed by atoms with van der Waals surface area (Å²) in [6.45, 7) is 6.74. The fraction of sp³-hybridized carbons (Fsp3) is 0.290. The maximum atomic E-state index is 6.30. The quantitative estimate of drug-likeness (QED) is 0.498. The van der Waals surface area contributed by atoms with Crippen molar-refractivity contribution >= 4 is 0 Å². The highest BCUT2D eigenvalue weighted by molar-refractivity contribution is 5.86. The SMILES string of the molecule is CC#CC1(C#CC)c2ccccc2-c2ccc([C@@H]3N[C@H]([C@H](CC)c4ccccc4)CO3)cc21. The average Bonchev–Trinajstić information content (AvgIpc) is 3.43. The van der Waals surface area contributed by atoms with Gasteiger partial charge in [0.25, 0.3) is 0 Å². The van der Waals surface area contributed by atoms with E-state index in [4.69, 9.17) is 4.74 Å². The lowest BCUT2D eigenvalue weighted by Crippen LogP contribution is -2.32. The predicted octanol–water partition coefficient (Wildman–Crippen LogP) is 6.18. The van der Waals surface area contributed by atoms with Crippen LogP contribution in [0.1, 0.15) is 61.6 Å². The van der Waals surface area contributed by atoms with Gasteiger partial charge in [-0.05, 0) is 59.7 Å². The Morgan fingerprint density at radius 2 is 1.61 bits per heavy atom. The first-order valence-electron chi connectivity index (χ1n) is 11.8. The molecular weight excluding hydrogens is 402 g/mol. The van der Waals surface area contributed by atoms with Gasteiger partial charge in [-0.15, -0.1) is 11.8 Å². The zero-order chi connectivity index (χ0) is 22.8. The van der Waals surface area contributed by atoms with Crippen molar-refractivity contribution in [2.75, 3.05) is 6.61 Å². The molecule has 0 spiro atoms. The maximum Gasteiger partial charge on any atom is 0.143 e. The lowest BCUT2D eigenvalue weighted by molar-refractivity contribution is 0.100. The third-order valence-corrected chi connectivity index (χ3v) is 6.96. The van der Waals surface area contributed by atoms with Crippen LogP contribution in [-0.4, -0.2) is 12.6 Å². The molecule has 3 aromatic carbocycles. The summed E-state index contributed by atoms with van der Waals surface area (Å²) in [4.78, 5) is 0. The molecule has 33 heavy (non-hydrogen) atoms. The van der Waals surface area contributed by atoms with Gasteiger partial charge in [0.1, 0.15) is 11.6 Å². The molecule has 0 bridgehead atoms. The molecule has 2 aliphatic rings. The lowest BCUT2D eigenvalue weighted by Gasteiger charge is -2.23. The van der Waals surface area contributed by atoms with Crippen LogP contribution in [0.3, 0.4) is 0 Å². The highest BCUT2D eigenvalue weighted by Gasteiger charge is 2.42. The van der Waals surface area contributed by atoms with E-state index < -0.39 is 5.41 Å². The fourth-order valence-corrected chi connectivity index (χ4v) is 5.50. The second-order valence-electron chi connectivity index (χ2n) is 8.76. The van der Waals surface area contributed by atoms with Crippen LogP contribution in [0.25, 0.3) is 11.1 Å². The summed E-state index contributed by atoms with van der Waals surface area (Å²) in [6, 6.07) is 26.2. The molecule has 0 amide bonds. The monoisotopic (exact) mass is 431 g/mol. The summed E-state index contributed by atoms with van der Waals surface area (Å²) < 4.78 is 6.30. The van der Waals surface area contributed by atoms with Gasteiger partial charge in [-0.2, -0.15) is 0 Å².